The van der Waals surface area contributed by atoms with E-state index in [4.69, 9.17) is 14.2 Å². The molecule has 8 nitrogen and oxygen atoms in total. The highest BCUT2D eigenvalue weighted by molar-refractivity contribution is 5.99. The molecule has 0 spiro atoms. The van der Waals surface area contributed by atoms with Crippen LogP contribution >= 0.6 is 0 Å². The summed E-state index contributed by atoms with van der Waals surface area (Å²) in [6.07, 6.45) is 9.21. The number of ether oxygens (including phenoxy) is 3. The van der Waals surface area contributed by atoms with E-state index in [2.05, 4.69) is 39.0 Å². The van der Waals surface area contributed by atoms with Crippen molar-refractivity contribution < 1.29 is 23.8 Å². The first-order valence-corrected chi connectivity index (χ1v) is 16.4. The Kier molecular flexibility index (Phi) is 8.90. The number of esters is 1. The largest absolute Gasteiger partial charge is 0.490 e. The quantitative estimate of drug-likeness (QED) is 0.307. The fourth-order valence-electron chi connectivity index (χ4n) is 7.35. The number of carbonyl (C=O) groups excluding carboxylic acids is 2. The van der Waals surface area contributed by atoms with Crippen molar-refractivity contribution in [3.63, 3.8) is 0 Å². The molecule has 3 aromatic rings. The lowest BCUT2D eigenvalue weighted by Gasteiger charge is -2.31. The first kappa shape index (κ1) is 30.5. The predicted octanol–water partition coefficient (Wildman–Crippen LogP) is 7.41. The number of piperidine rings is 1. The van der Waals surface area contributed by atoms with Gasteiger partial charge in [-0.25, -0.2) is 9.59 Å². The van der Waals surface area contributed by atoms with E-state index >= 15 is 0 Å². The van der Waals surface area contributed by atoms with Crippen LogP contribution in [0.15, 0.2) is 36.4 Å². The number of hydrogen-bond acceptors (Lipinski definition) is 6. The Labute approximate surface area is 261 Å². The lowest BCUT2D eigenvalue weighted by Crippen LogP contribution is -2.45. The number of likely N-dealkylation sites (tertiary alicyclic amines) is 1. The smallest absolute Gasteiger partial charge is 0.408 e. The van der Waals surface area contributed by atoms with Crippen LogP contribution in [0.5, 0.6) is 5.75 Å². The maximum atomic E-state index is 13.0. The molecule has 44 heavy (non-hydrogen) atoms. The second-order valence-corrected chi connectivity index (χ2v) is 13.7. The van der Waals surface area contributed by atoms with Crippen molar-refractivity contribution in [1.82, 2.24) is 14.8 Å². The summed E-state index contributed by atoms with van der Waals surface area (Å²) in [5.74, 6) is 0.938. The number of alkyl carbamates (subject to hydrolysis) is 1. The van der Waals surface area contributed by atoms with Gasteiger partial charge in [0.25, 0.3) is 0 Å². The molecule has 2 aromatic carbocycles. The molecule has 0 bridgehead atoms. The first-order valence-electron chi connectivity index (χ1n) is 16.4. The molecule has 1 saturated carbocycles. The fraction of sp³-hybridized carbons (Fsp3) is 0.556. The van der Waals surface area contributed by atoms with Crippen LogP contribution in [-0.2, 0) is 22.6 Å². The number of rotatable bonds is 5. The summed E-state index contributed by atoms with van der Waals surface area (Å²) in [6, 6.07) is 12.1. The van der Waals surface area contributed by atoms with E-state index in [0.717, 1.165) is 60.4 Å². The van der Waals surface area contributed by atoms with Gasteiger partial charge in [0.15, 0.2) is 0 Å². The molecule has 1 aromatic heterocycles. The van der Waals surface area contributed by atoms with E-state index in [1.165, 1.54) is 56.8 Å². The van der Waals surface area contributed by atoms with Gasteiger partial charge in [0.1, 0.15) is 18.0 Å². The number of para-hydroxylation sites is 1. The molecule has 1 N–H and O–H groups in total. The number of methoxy groups -OCH3 is 1. The van der Waals surface area contributed by atoms with Crippen LogP contribution in [-0.4, -0.2) is 60.0 Å². The first-order chi connectivity index (χ1) is 21.2. The molecular weight excluding hydrogens is 554 g/mol. The Morgan fingerprint density at radius 3 is 2.48 bits per heavy atom. The molecule has 3 aliphatic rings. The predicted molar refractivity (Wildman–Crippen MR) is 172 cm³/mol. The Morgan fingerprint density at radius 1 is 1.00 bits per heavy atom. The van der Waals surface area contributed by atoms with Crippen LogP contribution in [0.2, 0.25) is 0 Å². The van der Waals surface area contributed by atoms with Gasteiger partial charge < -0.3 is 24.1 Å². The Bertz CT molecular complexity index is 1510. The zero-order chi connectivity index (χ0) is 30.8. The van der Waals surface area contributed by atoms with Crippen molar-refractivity contribution in [2.24, 2.45) is 0 Å². The number of hydrogen-bond donors (Lipinski definition) is 1. The number of fused-ring (bicyclic) bond motifs is 5. The molecule has 236 valence electrons. The normalized spacial score (nSPS) is 19.7. The Hall–Kier alpha value is -3.52. The van der Waals surface area contributed by atoms with Crippen molar-refractivity contribution in [3.05, 3.63) is 53.1 Å². The monoisotopic (exact) mass is 601 g/mol. The molecular formula is C36H47N3O5. The highest BCUT2D eigenvalue weighted by atomic mass is 16.6. The topological polar surface area (TPSA) is 82.0 Å². The number of benzene rings is 2. The third-order valence-electron chi connectivity index (χ3n) is 9.29. The minimum atomic E-state index is -0.615. The Morgan fingerprint density at radius 2 is 1.75 bits per heavy atom. The van der Waals surface area contributed by atoms with Crippen molar-refractivity contribution in [1.29, 1.82) is 0 Å². The molecule has 0 radical (unpaired) electrons. The van der Waals surface area contributed by atoms with Crippen molar-refractivity contribution >= 4 is 23.0 Å². The zero-order valence-electron chi connectivity index (χ0n) is 26.7. The standard InChI is InChI=1S/C36H47N3O5/c1-36(2,3)44-35(41)37-27-22-39-30-20-25(34(40)42-4)16-17-28(30)31(24-12-7-5-8-13-24)32(39)29-15-11-14-26(33(29)43-23-27)21-38-18-9-6-10-19-38/h11,14-17,20,24,27H,5-10,12-13,18-19,21-23H2,1-4H3,(H,37,41)/t27-/m1/s1. The molecule has 3 heterocycles. The number of carbonyl (C=O) groups is 2. The van der Waals surface area contributed by atoms with Crippen LogP contribution in [0.4, 0.5) is 4.79 Å². The average Bonchev–Trinajstić information content (AvgIpc) is 3.31. The summed E-state index contributed by atoms with van der Waals surface area (Å²) < 4.78 is 19.8. The third-order valence-corrected chi connectivity index (χ3v) is 9.29. The molecule has 0 unspecified atom stereocenters. The third kappa shape index (κ3) is 6.46. The SMILES string of the molecule is COC(=O)c1ccc2c(C3CCCCC3)c3n(c2c1)C[C@@H](NC(=O)OC(C)(C)C)COc1c(CN2CCCCC2)cccc1-3. The van der Waals surface area contributed by atoms with Crippen LogP contribution in [0.1, 0.15) is 99.5 Å². The molecule has 1 aliphatic carbocycles. The zero-order valence-corrected chi connectivity index (χ0v) is 26.7. The minimum absolute atomic E-state index is 0.303. The summed E-state index contributed by atoms with van der Waals surface area (Å²) in [5.41, 5.74) is 5.61. The van der Waals surface area contributed by atoms with E-state index < -0.39 is 11.7 Å². The Balaban J connectivity index is 1.54. The number of nitrogens with one attached hydrogen (secondary N) is 1. The molecule has 1 atom stereocenters. The second kappa shape index (κ2) is 12.8. The van der Waals surface area contributed by atoms with Crippen molar-refractivity contribution in [3.8, 4) is 17.0 Å². The summed E-state index contributed by atoms with van der Waals surface area (Å²) in [4.78, 5) is 28.3. The highest BCUT2D eigenvalue weighted by Gasteiger charge is 2.33. The van der Waals surface area contributed by atoms with Gasteiger partial charge >= 0.3 is 12.1 Å². The van der Waals surface area contributed by atoms with Gasteiger partial charge in [-0.05, 0) is 89.2 Å². The van der Waals surface area contributed by atoms with E-state index in [-0.39, 0.29) is 12.0 Å². The van der Waals surface area contributed by atoms with Crippen LogP contribution in [0.25, 0.3) is 22.2 Å². The lowest BCUT2D eigenvalue weighted by atomic mass is 9.81. The van der Waals surface area contributed by atoms with Crippen molar-refractivity contribution in [2.45, 2.75) is 103 Å². The molecule has 1 saturated heterocycles. The molecule has 1 amide bonds. The highest BCUT2D eigenvalue weighted by Crippen LogP contribution is 2.48. The van der Waals surface area contributed by atoms with E-state index in [0.29, 0.717) is 24.6 Å². The fourth-order valence-corrected chi connectivity index (χ4v) is 7.35. The van der Waals surface area contributed by atoms with Gasteiger partial charge in [0, 0.05) is 35.1 Å². The van der Waals surface area contributed by atoms with Crippen LogP contribution < -0.4 is 10.1 Å². The van der Waals surface area contributed by atoms with E-state index in [1.807, 2.05) is 32.9 Å². The van der Waals surface area contributed by atoms with Gasteiger partial charge in [0.2, 0.25) is 0 Å². The maximum Gasteiger partial charge on any atom is 0.408 e. The number of nitrogens with zero attached hydrogens (tertiary/aromatic N) is 2. The number of aromatic nitrogens is 1. The van der Waals surface area contributed by atoms with Crippen LogP contribution in [0, 0.1) is 0 Å². The van der Waals surface area contributed by atoms with Crippen molar-refractivity contribution in [2.75, 3.05) is 26.8 Å². The van der Waals surface area contributed by atoms with Gasteiger partial charge in [-0.1, -0.05) is 43.9 Å². The van der Waals surface area contributed by atoms with E-state index in [9.17, 15) is 9.59 Å². The van der Waals surface area contributed by atoms with Crippen LogP contribution in [0.3, 0.4) is 0 Å². The van der Waals surface area contributed by atoms with E-state index in [1.54, 1.807) is 0 Å². The summed E-state index contributed by atoms with van der Waals surface area (Å²) in [6.45, 7) is 9.41. The van der Waals surface area contributed by atoms with Gasteiger partial charge in [-0.2, -0.15) is 0 Å². The second-order valence-electron chi connectivity index (χ2n) is 13.7. The summed E-state index contributed by atoms with van der Waals surface area (Å²) in [5, 5.41) is 4.27. The van der Waals surface area contributed by atoms with Gasteiger partial charge in [-0.3, -0.25) is 4.90 Å². The molecule has 8 heteroatoms. The minimum Gasteiger partial charge on any atom is -0.490 e. The average molecular weight is 602 g/mol. The molecule has 2 fully saturated rings. The summed E-state index contributed by atoms with van der Waals surface area (Å²) >= 11 is 0. The van der Waals surface area contributed by atoms with Gasteiger partial charge in [0.05, 0.1) is 24.4 Å². The van der Waals surface area contributed by atoms with Gasteiger partial charge in [-0.15, -0.1) is 0 Å². The molecule has 2 aliphatic heterocycles. The number of amides is 1. The maximum absolute atomic E-state index is 13.0. The lowest BCUT2D eigenvalue weighted by molar-refractivity contribution is 0.0480. The molecule has 6 rings (SSSR count). The summed E-state index contributed by atoms with van der Waals surface area (Å²) in [7, 11) is 1.42.